The third kappa shape index (κ3) is 3.73. The summed E-state index contributed by atoms with van der Waals surface area (Å²) in [4.78, 5) is 36.1. The van der Waals surface area contributed by atoms with E-state index in [0.717, 1.165) is 23.2 Å². The number of urea groups is 1. The molecule has 2 N–H and O–H groups in total. The van der Waals surface area contributed by atoms with E-state index in [2.05, 4.69) is 15.8 Å². The lowest BCUT2D eigenvalue weighted by Crippen LogP contribution is -2.40. The molecule has 1 aromatic rings. The van der Waals surface area contributed by atoms with Crippen molar-refractivity contribution in [1.82, 2.24) is 15.6 Å². The summed E-state index contributed by atoms with van der Waals surface area (Å²) in [7, 11) is 0. The first-order chi connectivity index (χ1) is 11.2. The number of carbonyl (C=O) groups excluding carboxylic acids is 3. The second-order valence-corrected chi connectivity index (χ2v) is 5.69. The first-order valence-electron chi connectivity index (χ1n) is 7.12. The summed E-state index contributed by atoms with van der Waals surface area (Å²) in [5.41, 5.74) is 0.701. The molecule has 0 saturated carbocycles. The molecule has 7 nitrogen and oxygen atoms in total. The van der Waals surface area contributed by atoms with Crippen LogP contribution in [0.25, 0.3) is 0 Å². The van der Waals surface area contributed by atoms with Gasteiger partial charge in [-0.25, -0.2) is 19.0 Å². The molecule has 0 radical (unpaired) electrons. The fourth-order valence-electron chi connectivity index (χ4n) is 2.09. The maximum absolute atomic E-state index is 13.4. The Morgan fingerprint density at radius 1 is 1.33 bits per heavy atom. The number of hydrogen-bond acceptors (Lipinski definition) is 4. The van der Waals surface area contributed by atoms with Crippen molar-refractivity contribution in [2.24, 2.45) is 5.10 Å². The fourth-order valence-corrected chi connectivity index (χ4v) is 2.09. The average molecular weight is 338 g/mol. The summed E-state index contributed by atoms with van der Waals surface area (Å²) in [6.07, 6.45) is 0.658. The van der Waals surface area contributed by atoms with Crippen LogP contribution in [0.4, 0.5) is 13.6 Å². The predicted octanol–water partition coefficient (Wildman–Crippen LogP) is 1.14. The molecule has 2 rings (SSSR count). The molecule has 0 atom stereocenters. The molecule has 1 fully saturated rings. The van der Waals surface area contributed by atoms with Gasteiger partial charge in [-0.15, -0.1) is 0 Å². The van der Waals surface area contributed by atoms with Crippen LogP contribution in [-0.2, 0) is 9.59 Å². The lowest BCUT2D eigenvalue weighted by atomic mass is 10.1. The van der Waals surface area contributed by atoms with Crippen LogP contribution < -0.4 is 10.7 Å². The quantitative estimate of drug-likeness (QED) is 0.479. The predicted molar refractivity (Wildman–Crippen MR) is 81.0 cm³/mol. The van der Waals surface area contributed by atoms with Crippen LogP contribution in [0.3, 0.4) is 0 Å². The minimum atomic E-state index is -1.01. The Bertz CT molecular complexity index is 698. The van der Waals surface area contributed by atoms with Crippen molar-refractivity contribution in [2.45, 2.75) is 25.8 Å². The first-order valence-corrected chi connectivity index (χ1v) is 7.12. The van der Waals surface area contributed by atoms with Gasteiger partial charge in [-0.3, -0.25) is 14.5 Å². The third-order valence-electron chi connectivity index (χ3n) is 3.39. The molecule has 4 amide bonds. The number of halogens is 2. The Kier molecular flexibility index (Phi) is 4.91. The number of carbonyl (C=O) groups is 3. The van der Waals surface area contributed by atoms with Crippen molar-refractivity contribution in [3.8, 4) is 0 Å². The number of rotatable bonds is 5. The number of amides is 4. The third-order valence-corrected chi connectivity index (χ3v) is 3.39. The molecule has 0 spiro atoms. The zero-order chi connectivity index (χ0) is 17.9. The van der Waals surface area contributed by atoms with Crippen LogP contribution >= 0.6 is 0 Å². The number of hydrazone groups is 1. The van der Waals surface area contributed by atoms with E-state index in [1.165, 1.54) is 6.07 Å². The van der Waals surface area contributed by atoms with Crippen LogP contribution in [-0.4, -0.2) is 41.0 Å². The SMILES string of the molecule is CC1(C)NC(=O)N(CCC(=O)N/N=C\c2c(F)cccc2F)C1=O. The Labute approximate surface area is 136 Å². The average Bonchev–Trinajstić information content (AvgIpc) is 2.68. The lowest BCUT2D eigenvalue weighted by molar-refractivity contribution is -0.130. The van der Waals surface area contributed by atoms with Crippen LogP contribution in [0.15, 0.2) is 23.3 Å². The van der Waals surface area contributed by atoms with Crippen LogP contribution in [0, 0.1) is 11.6 Å². The van der Waals surface area contributed by atoms with Crippen LogP contribution in [0.2, 0.25) is 0 Å². The van der Waals surface area contributed by atoms with Gasteiger partial charge in [0.15, 0.2) is 0 Å². The normalized spacial score (nSPS) is 16.6. The molecule has 24 heavy (non-hydrogen) atoms. The molecule has 1 saturated heterocycles. The Morgan fingerprint density at radius 2 is 1.96 bits per heavy atom. The molecule has 1 aliphatic heterocycles. The van der Waals surface area contributed by atoms with Gasteiger partial charge < -0.3 is 5.32 Å². The number of imide groups is 1. The number of hydrogen-bond donors (Lipinski definition) is 2. The van der Waals surface area contributed by atoms with Gasteiger partial charge in [0.05, 0.1) is 11.8 Å². The first kappa shape index (κ1) is 17.5. The molecule has 0 aliphatic carbocycles. The fraction of sp³-hybridized carbons (Fsp3) is 0.333. The van der Waals surface area contributed by atoms with Crippen LogP contribution in [0.1, 0.15) is 25.8 Å². The van der Waals surface area contributed by atoms with E-state index in [9.17, 15) is 23.2 Å². The van der Waals surface area contributed by atoms with Crippen LogP contribution in [0.5, 0.6) is 0 Å². The highest BCUT2D eigenvalue weighted by atomic mass is 19.1. The number of nitrogens with zero attached hydrogens (tertiary/aromatic N) is 2. The second kappa shape index (κ2) is 6.73. The van der Waals surface area contributed by atoms with E-state index >= 15 is 0 Å². The molecule has 0 aromatic heterocycles. The Hall–Kier alpha value is -2.84. The summed E-state index contributed by atoms with van der Waals surface area (Å²) >= 11 is 0. The largest absolute Gasteiger partial charge is 0.325 e. The highest BCUT2D eigenvalue weighted by Gasteiger charge is 2.43. The summed E-state index contributed by atoms with van der Waals surface area (Å²) in [5, 5.41) is 5.95. The zero-order valence-corrected chi connectivity index (χ0v) is 13.1. The van der Waals surface area contributed by atoms with Gasteiger partial charge in [-0.05, 0) is 26.0 Å². The molecular formula is C15H16F2N4O3. The van der Waals surface area contributed by atoms with E-state index in [4.69, 9.17) is 0 Å². The van der Waals surface area contributed by atoms with E-state index in [1.54, 1.807) is 13.8 Å². The summed E-state index contributed by atoms with van der Waals surface area (Å²) in [6.45, 7) is 2.99. The van der Waals surface area contributed by atoms with Crippen molar-refractivity contribution in [3.05, 3.63) is 35.4 Å². The van der Waals surface area contributed by atoms with Crippen molar-refractivity contribution >= 4 is 24.1 Å². The van der Waals surface area contributed by atoms with Gasteiger partial charge in [-0.2, -0.15) is 5.10 Å². The monoisotopic (exact) mass is 338 g/mol. The molecule has 128 valence electrons. The minimum absolute atomic E-state index is 0.122. The summed E-state index contributed by atoms with van der Waals surface area (Å²) < 4.78 is 26.7. The van der Waals surface area contributed by atoms with Gasteiger partial charge in [0.1, 0.15) is 17.2 Å². The maximum Gasteiger partial charge on any atom is 0.325 e. The highest BCUT2D eigenvalue weighted by Crippen LogP contribution is 2.16. The topological polar surface area (TPSA) is 90.9 Å². The molecule has 0 bridgehead atoms. The molecule has 1 aliphatic rings. The molecular weight excluding hydrogens is 322 g/mol. The summed E-state index contributed by atoms with van der Waals surface area (Å²) in [6, 6.07) is 2.76. The van der Waals surface area contributed by atoms with Crippen molar-refractivity contribution in [2.75, 3.05) is 6.54 Å². The Balaban J connectivity index is 1.87. The van der Waals surface area contributed by atoms with Crippen molar-refractivity contribution < 1.29 is 23.2 Å². The van der Waals surface area contributed by atoms with Gasteiger partial charge in [0.25, 0.3) is 5.91 Å². The number of nitrogens with one attached hydrogen (secondary N) is 2. The van der Waals surface area contributed by atoms with Crippen molar-refractivity contribution in [1.29, 1.82) is 0 Å². The smallest absolute Gasteiger partial charge is 0.324 e. The molecule has 1 aromatic carbocycles. The van der Waals surface area contributed by atoms with E-state index in [0.29, 0.717) is 0 Å². The van der Waals surface area contributed by atoms with Gasteiger partial charge in [0.2, 0.25) is 5.91 Å². The standard InChI is InChI=1S/C15H16F2N4O3/c1-15(2)13(23)21(14(24)19-15)7-6-12(22)20-18-8-9-10(16)4-3-5-11(9)17/h3-5,8H,6-7H2,1-2H3,(H,19,24)(H,20,22)/b18-8-. The molecule has 1 heterocycles. The molecule has 0 unspecified atom stereocenters. The van der Waals surface area contributed by atoms with E-state index in [-0.39, 0.29) is 18.5 Å². The lowest BCUT2D eigenvalue weighted by Gasteiger charge is -2.15. The van der Waals surface area contributed by atoms with E-state index < -0.39 is 35.0 Å². The van der Waals surface area contributed by atoms with Gasteiger partial charge in [-0.1, -0.05) is 6.07 Å². The van der Waals surface area contributed by atoms with Gasteiger partial charge in [0, 0.05) is 13.0 Å². The Morgan fingerprint density at radius 3 is 2.50 bits per heavy atom. The number of benzene rings is 1. The zero-order valence-electron chi connectivity index (χ0n) is 13.1. The van der Waals surface area contributed by atoms with Crippen molar-refractivity contribution in [3.63, 3.8) is 0 Å². The second-order valence-electron chi connectivity index (χ2n) is 5.69. The minimum Gasteiger partial charge on any atom is -0.324 e. The van der Waals surface area contributed by atoms with E-state index in [1.807, 2.05) is 0 Å². The molecule has 9 heteroatoms. The highest BCUT2D eigenvalue weighted by molar-refractivity contribution is 6.06. The summed E-state index contributed by atoms with van der Waals surface area (Å²) in [5.74, 6) is -2.66. The maximum atomic E-state index is 13.4. The van der Waals surface area contributed by atoms with Gasteiger partial charge >= 0.3 is 6.03 Å².